The van der Waals surface area contributed by atoms with Gasteiger partial charge in [-0.1, -0.05) is 44.5 Å². The van der Waals surface area contributed by atoms with E-state index in [9.17, 15) is 5.11 Å². The van der Waals surface area contributed by atoms with Crippen LogP contribution in [0, 0.1) is 5.41 Å². The Morgan fingerprint density at radius 3 is 2.07 bits per heavy atom. The minimum atomic E-state index is -0.571. The van der Waals surface area contributed by atoms with Crippen molar-refractivity contribution in [1.29, 1.82) is 0 Å². The van der Waals surface area contributed by atoms with E-state index in [0.29, 0.717) is 5.02 Å². The van der Waals surface area contributed by atoms with E-state index in [-0.39, 0.29) is 11.5 Å². The van der Waals surface area contributed by atoms with Gasteiger partial charge in [-0.15, -0.1) is 0 Å². The van der Waals surface area contributed by atoms with Crippen molar-refractivity contribution >= 4 is 11.6 Å². The third-order valence-electron chi connectivity index (χ3n) is 2.48. The molecule has 3 heteroatoms. The molecule has 0 aliphatic carbocycles. The molecule has 1 aromatic rings. The number of hydrogen-bond acceptors (Lipinski definition) is 2. The molecule has 0 aliphatic heterocycles. The van der Waals surface area contributed by atoms with Gasteiger partial charge in [-0.3, -0.25) is 0 Å². The first kappa shape index (κ1) is 12.5. The van der Waals surface area contributed by atoms with Crippen molar-refractivity contribution in [1.82, 2.24) is 0 Å². The van der Waals surface area contributed by atoms with Crippen LogP contribution in [0.2, 0.25) is 5.02 Å². The van der Waals surface area contributed by atoms with Gasteiger partial charge in [-0.05, 0) is 23.1 Å². The topological polar surface area (TPSA) is 46.2 Å². The van der Waals surface area contributed by atoms with Gasteiger partial charge in [-0.2, -0.15) is 0 Å². The Bertz CT molecular complexity index is 315. The molecule has 3 N–H and O–H groups in total. The SMILES string of the molecule is CC(C)(C)[C@H](O)[C@H](N)c1ccc(Cl)cc1. The van der Waals surface area contributed by atoms with E-state index in [2.05, 4.69) is 0 Å². The second-order valence-electron chi connectivity index (χ2n) is 4.89. The second-order valence-corrected chi connectivity index (χ2v) is 5.32. The Kier molecular flexibility index (Phi) is 3.77. The van der Waals surface area contributed by atoms with Crippen LogP contribution in [0.15, 0.2) is 24.3 Å². The number of nitrogens with two attached hydrogens (primary N) is 1. The number of aliphatic hydroxyl groups is 1. The Hall–Kier alpha value is -0.570. The van der Waals surface area contributed by atoms with Crippen LogP contribution in [0.4, 0.5) is 0 Å². The minimum absolute atomic E-state index is 0.223. The van der Waals surface area contributed by atoms with Gasteiger partial charge in [0.15, 0.2) is 0 Å². The van der Waals surface area contributed by atoms with Crippen LogP contribution in [-0.2, 0) is 0 Å². The maximum Gasteiger partial charge on any atom is 0.0780 e. The zero-order chi connectivity index (χ0) is 11.6. The highest BCUT2D eigenvalue weighted by Crippen LogP contribution is 2.28. The molecule has 0 saturated carbocycles. The number of halogens is 1. The summed E-state index contributed by atoms with van der Waals surface area (Å²) in [6.45, 7) is 5.90. The Morgan fingerprint density at radius 1 is 1.20 bits per heavy atom. The third kappa shape index (κ3) is 3.20. The van der Waals surface area contributed by atoms with E-state index in [1.807, 2.05) is 32.9 Å². The maximum absolute atomic E-state index is 10.0. The number of rotatable bonds is 2. The lowest BCUT2D eigenvalue weighted by molar-refractivity contribution is 0.0401. The average molecular weight is 228 g/mol. The number of hydrogen-bond donors (Lipinski definition) is 2. The van der Waals surface area contributed by atoms with E-state index in [1.54, 1.807) is 12.1 Å². The van der Waals surface area contributed by atoms with E-state index in [0.717, 1.165) is 5.56 Å². The molecule has 0 unspecified atom stereocenters. The van der Waals surface area contributed by atoms with E-state index < -0.39 is 6.10 Å². The normalized spacial score (nSPS) is 16.1. The standard InChI is InChI=1S/C12H18ClNO/c1-12(2,3)11(15)10(14)8-4-6-9(13)7-5-8/h4-7,10-11,15H,14H2,1-3H3/t10-,11-/m1/s1. The van der Waals surface area contributed by atoms with Gasteiger partial charge in [0.25, 0.3) is 0 Å². The van der Waals surface area contributed by atoms with Crippen LogP contribution in [-0.4, -0.2) is 11.2 Å². The summed E-state index contributed by atoms with van der Waals surface area (Å²) in [5.41, 5.74) is 6.66. The van der Waals surface area contributed by atoms with Crippen molar-refractivity contribution in [3.8, 4) is 0 Å². The van der Waals surface area contributed by atoms with Gasteiger partial charge in [0.05, 0.1) is 12.1 Å². The van der Waals surface area contributed by atoms with Crippen molar-refractivity contribution in [2.75, 3.05) is 0 Å². The molecule has 1 rings (SSSR count). The molecule has 0 aliphatic rings. The lowest BCUT2D eigenvalue weighted by atomic mass is 9.82. The highest BCUT2D eigenvalue weighted by Gasteiger charge is 2.28. The summed E-state index contributed by atoms with van der Waals surface area (Å²) in [4.78, 5) is 0. The molecule has 0 saturated heterocycles. The lowest BCUT2D eigenvalue weighted by Crippen LogP contribution is -2.36. The van der Waals surface area contributed by atoms with Crippen molar-refractivity contribution in [2.45, 2.75) is 32.9 Å². The van der Waals surface area contributed by atoms with Crippen molar-refractivity contribution < 1.29 is 5.11 Å². The summed E-state index contributed by atoms with van der Waals surface area (Å²) in [6.07, 6.45) is -0.571. The second kappa shape index (κ2) is 4.52. The lowest BCUT2D eigenvalue weighted by Gasteiger charge is -2.31. The summed E-state index contributed by atoms with van der Waals surface area (Å²) < 4.78 is 0. The smallest absolute Gasteiger partial charge is 0.0780 e. The molecule has 0 heterocycles. The molecular weight excluding hydrogens is 210 g/mol. The van der Waals surface area contributed by atoms with Crippen LogP contribution in [0.5, 0.6) is 0 Å². The van der Waals surface area contributed by atoms with Gasteiger partial charge in [-0.25, -0.2) is 0 Å². The average Bonchev–Trinajstić information content (AvgIpc) is 2.15. The molecule has 1 aromatic carbocycles. The molecule has 0 amide bonds. The fourth-order valence-electron chi connectivity index (χ4n) is 1.41. The Balaban J connectivity index is 2.85. The van der Waals surface area contributed by atoms with Crippen LogP contribution in [0.3, 0.4) is 0 Å². The first-order chi connectivity index (χ1) is 6.82. The molecule has 15 heavy (non-hydrogen) atoms. The molecule has 0 spiro atoms. The van der Waals surface area contributed by atoms with E-state index in [1.165, 1.54) is 0 Å². The molecule has 0 radical (unpaired) electrons. The Labute approximate surface area is 96.1 Å². The molecular formula is C12H18ClNO. The summed E-state index contributed by atoms with van der Waals surface area (Å²) >= 11 is 5.78. The summed E-state index contributed by atoms with van der Waals surface area (Å²) in [7, 11) is 0. The van der Waals surface area contributed by atoms with Gasteiger partial charge < -0.3 is 10.8 Å². The van der Waals surface area contributed by atoms with Gasteiger partial charge >= 0.3 is 0 Å². The van der Waals surface area contributed by atoms with Gasteiger partial charge in [0, 0.05) is 5.02 Å². The molecule has 84 valence electrons. The molecule has 0 fully saturated rings. The van der Waals surface area contributed by atoms with Gasteiger partial charge in [0.2, 0.25) is 0 Å². The molecule has 0 bridgehead atoms. The number of benzene rings is 1. The van der Waals surface area contributed by atoms with Crippen LogP contribution in [0.1, 0.15) is 32.4 Å². The van der Waals surface area contributed by atoms with E-state index in [4.69, 9.17) is 17.3 Å². The molecule has 2 atom stereocenters. The van der Waals surface area contributed by atoms with Gasteiger partial charge in [0.1, 0.15) is 0 Å². The number of aliphatic hydroxyl groups excluding tert-OH is 1. The summed E-state index contributed by atoms with van der Waals surface area (Å²) in [5.74, 6) is 0. The Morgan fingerprint density at radius 2 is 1.67 bits per heavy atom. The van der Waals surface area contributed by atoms with Crippen molar-refractivity contribution in [2.24, 2.45) is 11.1 Å². The minimum Gasteiger partial charge on any atom is -0.391 e. The fraction of sp³-hybridized carbons (Fsp3) is 0.500. The zero-order valence-corrected chi connectivity index (χ0v) is 10.1. The van der Waals surface area contributed by atoms with Crippen LogP contribution in [0.25, 0.3) is 0 Å². The fourth-order valence-corrected chi connectivity index (χ4v) is 1.53. The quantitative estimate of drug-likeness (QED) is 0.816. The molecule has 0 aromatic heterocycles. The van der Waals surface area contributed by atoms with Crippen LogP contribution < -0.4 is 5.73 Å². The predicted octanol–water partition coefficient (Wildman–Crippen LogP) is 2.75. The van der Waals surface area contributed by atoms with Crippen LogP contribution >= 0.6 is 11.6 Å². The molecule has 2 nitrogen and oxygen atoms in total. The van der Waals surface area contributed by atoms with Crippen molar-refractivity contribution in [3.63, 3.8) is 0 Å². The largest absolute Gasteiger partial charge is 0.391 e. The summed E-state index contributed by atoms with van der Waals surface area (Å²) in [5, 5.41) is 10.7. The highest BCUT2D eigenvalue weighted by molar-refractivity contribution is 6.30. The monoisotopic (exact) mass is 227 g/mol. The predicted molar refractivity (Wildman–Crippen MR) is 63.8 cm³/mol. The highest BCUT2D eigenvalue weighted by atomic mass is 35.5. The first-order valence-corrected chi connectivity index (χ1v) is 5.39. The maximum atomic E-state index is 10.0. The first-order valence-electron chi connectivity index (χ1n) is 5.01. The summed E-state index contributed by atoms with van der Waals surface area (Å²) in [6, 6.07) is 6.89. The van der Waals surface area contributed by atoms with Crippen molar-refractivity contribution in [3.05, 3.63) is 34.9 Å². The third-order valence-corrected chi connectivity index (χ3v) is 2.73. The zero-order valence-electron chi connectivity index (χ0n) is 9.37. The van der Waals surface area contributed by atoms with E-state index >= 15 is 0 Å².